The Morgan fingerprint density at radius 3 is 2.70 bits per heavy atom. The second-order valence-corrected chi connectivity index (χ2v) is 7.54. The van der Waals surface area contributed by atoms with Crippen LogP contribution in [0.4, 0.5) is 5.82 Å². The molecule has 1 amide bonds. The van der Waals surface area contributed by atoms with Crippen molar-refractivity contribution in [3.63, 3.8) is 0 Å². The first-order valence-electron chi connectivity index (χ1n) is 9.97. The number of anilines is 1. The van der Waals surface area contributed by atoms with Crippen LogP contribution in [-0.2, 0) is 13.0 Å². The van der Waals surface area contributed by atoms with Crippen LogP contribution in [-0.4, -0.2) is 25.7 Å². The first-order valence-corrected chi connectivity index (χ1v) is 10.3. The Morgan fingerprint density at radius 1 is 1.10 bits per heavy atom. The summed E-state index contributed by atoms with van der Waals surface area (Å²) in [6.45, 7) is 2.73. The molecule has 0 aliphatic rings. The van der Waals surface area contributed by atoms with Crippen molar-refractivity contribution < 1.29 is 4.79 Å². The van der Waals surface area contributed by atoms with Crippen molar-refractivity contribution >= 4 is 34.4 Å². The Bertz CT molecular complexity index is 1170. The number of aromatic nitrogens is 4. The highest BCUT2D eigenvalue weighted by atomic mass is 35.5. The highest BCUT2D eigenvalue weighted by Gasteiger charge is 2.15. The van der Waals surface area contributed by atoms with Crippen molar-refractivity contribution in [2.45, 2.75) is 32.7 Å². The average Bonchev–Trinajstić information content (AvgIpc) is 3.15. The lowest BCUT2D eigenvalue weighted by molar-refractivity contribution is 0.102. The Hall–Kier alpha value is -3.25. The molecule has 0 saturated carbocycles. The molecule has 0 radical (unpaired) electrons. The molecule has 0 aliphatic carbocycles. The third-order valence-electron chi connectivity index (χ3n) is 4.73. The average molecular weight is 420 g/mol. The molecule has 0 bridgehead atoms. The van der Waals surface area contributed by atoms with Gasteiger partial charge in [-0.1, -0.05) is 61.3 Å². The lowest BCUT2D eigenvalue weighted by Crippen LogP contribution is -2.14. The molecule has 152 valence electrons. The van der Waals surface area contributed by atoms with Gasteiger partial charge in [0.05, 0.1) is 11.9 Å². The van der Waals surface area contributed by atoms with Crippen LogP contribution in [0.1, 0.15) is 41.5 Å². The molecular weight excluding hydrogens is 398 g/mol. The van der Waals surface area contributed by atoms with E-state index in [2.05, 4.69) is 27.3 Å². The zero-order valence-electron chi connectivity index (χ0n) is 16.7. The quantitative estimate of drug-likeness (QED) is 0.451. The zero-order valence-corrected chi connectivity index (χ0v) is 17.4. The third-order valence-corrected chi connectivity index (χ3v) is 4.97. The summed E-state index contributed by atoms with van der Waals surface area (Å²) in [5.41, 5.74) is 2.18. The van der Waals surface area contributed by atoms with E-state index in [0.29, 0.717) is 39.8 Å². The topological polar surface area (TPSA) is 72.7 Å². The molecular formula is C23H22ClN5O. The number of nitrogens with one attached hydrogen (secondary N) is 1. The van der Waals surface area contributed by atoms with Crippen LogP contribution in [0.25, 0.3) is 11.0 Å². The van der Waals surface area contributed by atoms with Crippen LogP contribution in [0.15, 0.2) is 60.8 Å². The van der Waals surface area contributed by atoms with E-state index < -0.39 is 0 Å². The Kier molecular flexibility index (Phi) is 6.05. The molecule has 0 fully saturated rings. The van der Waals surface area contributed by atoms with Crippen molar-refractivity contribution in [2.24, 2.45) is 0 Å². The molecule has 0 saturated heterocycles. The summed E-state index contributed by atoms with van der Waals surface area (Å²) in [7, 11) is 0. The first-order chi connectivity index (χ1) is 14.6. The lowest BCUT2D eigenvalue weighted by atomic mass is 10.2. The molecule has 0 unspecified atom stereocenters. The van der Waals surface area contributed by atoms with Gasteiger partial charge in [0, 0.05) is 23.2 Å². The number of carbonyl (C=O) groups excluding carboxylic acids is 1. The molecule has 7 heteroatoms. The van der Waals surface area contributed by atoms with E-state index in [9.17, 15) is 4.79 Å². The number of nitrogens with zero attached hydrogens (tertiary/aromatic N) is 4. The molecule has 1 N–H and O–H groups in total. The minimum absolute atomic E-state index is 0.269. The van der Waals surface area contributed by atoms with Crippen LogP contribution in [0, 0.1) is 0 Å². The number of hydrogen-bond acceptors (Lipinski definition) is 4. The Labute approximate surface area is 179 Å². The molecule has 0 spiro atoms. The van der Waals surface area contributed by atoms with Gasteiger partial charge in [0.1, 0.15) is 11.6 Å². The smallest absolute Gasteiger partial charge is 0.256 e. The van der Waals surface area contributed by atoms with Gasteiger partial charge in [-0.15, -0.1) is 0 Å². The lowest BCUT2D eigenvalue weighted by Gasteiger charge is -2.07. The summed E-state index contributed by atoms with van der Waals surface area (Å²) in [6.07, 6.45) is 4.61. The molecule has 6 nitrogen and oxygen atoms in total. The van der Waals surface area contributed by atoms with E-state index in [1.54, 1.807) is 24.3 Å². The number of unbranched alkanes of at least 4 members (excludes halogenated alkanes) is 1. The fourth-order valence-corrected chi connectivity index (χ4v) is 3.39. The predicted molar refractivity (Wildman–Crippen MR) is 119 cm³/mol. The maximum absolute atomic E-state index is 12.8. The van der Waals surface area contributed by atoms with Gasteiger partial charge in [-0.25, -0.2) is 9.97 Å². The molecule has 4 rings (SSSR count). The van der Waals surface area contributed by atoms with Gasteiger partial charge < -0.3 is 5.32 Å². The summed E-state index contributed by atoms with van der Waals surface area (Å²) < 4.78 is 1.83. The molecule has 2 aromatic heterocycles. The monoisotopic (exact) mass is 419 g/mol. The van der Waals surface area contributed by atoms with Crippen LogP contribution >= 0.6 is 11.6 Å². The SMILES string of the molecule is CCCCc1nc(NC(=O)c2cccc(Cl)c2)c2cn(Cc3ccccc3)nc2n1. The van der Waals surface area contributed by atoms with Crippen molar-refractivity contribution in [2.75, 3.05) is 5.32 Å². The van der Waals surface area contributed by atoms with Crippen molar-refractivity contribution in [1.29, 1.82) is 0 Å². The third kappa shape index (κ3) is 4.66. The van der Waals surface area contributed by atoms with E-state index in [1.165, 1.54) is 0 Å². The number of halogens is 1. The second-order valence-electron chi connectivity index (χ2n) is 7.11. The highest BCUT2D eigenvalue weighted by molar-refractivity contribution is 6.31. The molecule has 0 atom stereocenters. The van der Waals surface area contributed by atoms with Gasteiger partial charge >= 0.3 is 0 Å². The summed E-state index contributed by atoms with van der Waals surface area (Å²) in [5, 5.41) is 8.76. The number of fused-ring (bicyclic) bond motifs is 1. The van der Waals surface area contributed by atoms with Crippen LogP contribution in [0.2, 0.25) is 5.02 Å². The van der Waals surface area contributed by atoms with E-state index in [-0.39, 0.29) is 5.91 Å². The molecule has 30 heavy (non-hydrogen) atoms. The van der Waals surface area contributed by atoms with Crippen LogP contribution in [0.5, 0.6) is 0 Å². The number of amides is 1. The van der Waals surface area contributed by atoms with E-state index in [0.717, 1.165) is 24.8 Å². The van der Waals surface area contributed by atoms with Gasteiger partial charge in [0.2, 0.25) is 0 Å². The maximum atomic E-state index is 12.8. The summed E-state index contributed by atoms with van der Waals surface area (Å²) in [4.78, 5) is 22.0. The minimum Gasteiger partial charge on any atom is -0.306 e. The van der Waals surface area contributed by atoms with E-state index >= 15 is 0 Å². The number of rotatable bonds is 7. The zero-order chi connectivity index (χ0) is 20.9. The second kappa shape index (κ2) is 9.05. The van der Waals surface area contributed by atoms with E-state index in [1.807, 2.05) is 41.2 Å². The maximum Gasteiger partial charge on any atom is 0.256 e. The minimum atomic E-state index is -0.269. The van der Waals surface area contributed by atoms with Gasteiger partial charge in [-0.2, -0.15) is 5.10 Å². The van der Waals surface area contributed by atoms with Crippen molar-refractivity contribution in [3.05, 3.63) is 82.8 Å². The predicted octanol–water partition coefficient (Wildman–Crippen LogP) is 5.12. The van der Waals surface area contributed by atoms with Gasteiger partial charge in [0.25, 0.3) is 5.91 Å². The van der Waals surface area contributed by atoms with Crippen molar-refractivity contribution in [1.82, 2.24) is 19.7 Å². The normalized spacial score (nSPS) is 11.0. The highest BCUT2D eigenvalue weighted by Crippen LogP contribution is 2.22. The summed E-state index contributed by atoms with van der Waals surface area (Å²) in [5.74, 6) is 0.876. The Morgan fingerprint density at radius 2 is 1.93 bits per heavy atom. The molecule has 4 aromatic rings. The first kappa shape index (κ1) is 20.0. The summed E-state index contributed by atoms with van der Waals surface area (Å²) in [6, 6.07) is 16.9. The van der Waals surface area contributed by atoms with Crippen molar-refractivity contribution in [3.8, 4) is 0 Å². The fourth-order valence-electron chi connectivity index (χ4n) is 3.20. The van der Waals surface area contributed by atoms with Crippen LogP contribution < -0.4 is 5.32 Å². The molecule has 2 heterocycles. The molecule has 0 aliphatic heterocycles. The Balaban J connectivity index is 1.69. The van der Waals surface area contributed by atoms with E-state index in [4.69, 9.17) is 11.6 Å². The standard InChI is InChI=1S/C23H22ClN5O/c1-2-3-12-20-25-21(27-23(30)17-10-7-11-18(24)13-17)19-15-29(28-22(19)26-20)14-16-8-5-4-6-9-16/h4-11,13,15H,2-3,12,14H2,1H3,(H,25,26,27,28,30). The number of hydrogen-bond donors (Lipinski definition) is 1. The summed E-state index contributed by atoms with van der Waals surface area (Å²) >= 11 is 6.03. The van der Waals surface area contributed by atoms with Crippen LogP contribution in [0.3, 0.4) is 0 Å². The molecule has 2 aromatic carbocycles. The largest absolute Gasteiger partial charge is 0.306 e. The number of aryl methyl sites for hydroxylation is 1. The fraction of sp³-hybridized carbons (Fsp3) is 0.217. The van der Waals surface area contributed by atoms with Gasteiger partial charge in [-0.05, 0) is 30.2 Å². The number of benzene rings is 2. The van der Waals surface area contributed by atoms with Gasteiger partial charge in [-0.3, -0.25) is 9.48 Å². The van der Waals surface area contributed by atoms with Gasteiger partial charge in [0.15, 0.2) is 5.65 Å². The number of carbonyl (C=O) groups is 1.